The Balaban J connectivity index is 1.92. The molecule has 0 bridgehead atoms. The van der Waals surface area contributed by atoms with E-state index in [0.29, 0.717) is 5.69 Å². The van der Waals surface area contributed by atoms with Gasteiger partial charge in [0.25, 0.3) is 0 Å². The molecule has 4 N–H and O–H groups in total. The number of anilines is 1. The van der Waals surface area contributed by atoms with Gasteiger partial charge < -0.3 is 20.9 Å². The number of hydrogen-bond acceptors (Lipinski definition) is 4. The molecule has 0 radical (unpaired) electrons. The molecule has 1 atom stereocenters. The number of methoxy groups -OCH3 is 1. The Morgan fingerprint density at radius 1 is 1.26 bits per heavy atom. The topological polar surface area (TPSA) is 67.5 Å². The Kier molecular flexibility index (Phi) is 5.22. The Hall–Kier alpha value is -0.740. The molecule has 1 unspecified atom stereocenters. The zero-order valence-electron chi connectivity index (χ0n) is 12.7. The highest BCUT2D eigenvalue weighted by atomic mass is 127. The lowest BCUT2D eigenvalue weighted by atomic mass is 9.89. The van der Waals surface area contributed by atoms with Crippen molar-refractivity contribution in [3.8, 4) is 11.5 Å². The molecule has 0 saturated heterocycles. The number of aromatic hydroxyl groups is 1. The van der Waals surface area contributed by atoms with Gasteiger partial charge in [-0.25, -0.2) is 0 Å². The Morgan fingerprint density at radius 3 is 2.61 bits per heavy atom. The molecule has 6 heteroatoms. The molecule has 2 aromatic rings. The third-order valence-corrected chi connectivity index (χ3v) is 5.75. The van der Waals surface area contributed by atoms with E-state index in [4.69, 9.17) is 10.5 Å². The van der Waals surface area contributed by atoms with Crippen LogP contribution in [0.1, 0.15) is 22.7 Å². The fourth-order valence-electron chi connectivity index (χ4n) is 3.04. The second-order valence-electron chi connectivity index (χ2n) is 5.66. The number of nitrogen functional groups attached to an aromatic ring is 1. The third-order valence-electron chi connectivity index (χ3n) is 4.15. The van der Waals surface area contributed by atoms with Crippen molar-refractivity contribution in [2.24, 2.45) is 0 Å². The summed E-state index contributed by atoms with van der Waals surface area (Å²) >= 11 is 4.62. The lowest BCUT2D eigenvalue weighted by molar-refractivity contribution is 0.408. The molecular weight excluding hydrogens is 518 g/mol. The standard InChI is InChI=1S/C17H18I2N2O2/c1-23-17-12(18)4-9(5-13(17)19)6-15-11-8-14(20)16(22)7-10(11)2-3-21-15/h4-5,7-8,15,21-22H,2-3,6,20H2,1H3. The van der Waals surface area contributed by atoms with E-state index in [1.165, 1.54) is 16.7 Å². The molecule has 0 saturated carbocycles. The summed E-state index contributed by atoms with van der Waals surface area (Å²) in [4.78, 5) is 0. The summed E-state index contributed by atoms with van der Waals surface area (Å²) in [5.74, 6) is 1.11. The maximum absolute atomic E-state index is 9.82. The first-order valence-electron chi connectivity index (χ1n) is 7.36. The zero-order chi connectivity index (χ0) is 16.6. The van der Waals surface area contributed by atoms with Crippen LogP contribution in [0.25, 0.3) is 0 Å². The van der Waals surface area contributed by atoms with Gasteiger partial charge in [-0.3, -0.25) is 0 Å². The molecular formula is C17H18I2N2O2. The van der Waals surface area contributed by atoms with Gasteiger partial charge in [0.15, 0.2) is 0 Å². The van der Waals surface area contributed by atoms with Gasteiger partial charge in [-0.1, -0.05) is 0 Å². The monoisotopic (exact) mass is 536 g/mol. The number of ether oxygens (including phenoxy) is 1. The van der Waals surface area contributed by atoms with Crippen LogP contribution in [0.15, 0.2) is 24.3 Å². The number of hydrogen-bond donors (Lipinski definition) is 3. The predicted octanol–water partition coefficient (Wildman–Crippen LogP) is 3.62. The first-order chi connectivity index (χ1) is 11.0. The Morgan fingerprint density at radius 2 is 1.96 bits per heavy atom. The minimum atomic E-state index is 0.179. The lowest BCUT2D eigenvalue weighted by Gasteiger charge is -2.28. The van der Waals surface area contributed by atoms with Crippen LogP contribution in [-0.2, 0) is 12.8 Å². The Labute approximate surface area is 163 Å². The van der Waals surface area contributed by atoms with E-state index in [1.807, 2.05) is 6.07 Å². The smallest absolute Gasteiger partial charge is 0.145 e. The van der Waals surface area contributed by atoms with Gasteiger partial charge >= 0.3 is 0 Å². The van der Waals surface area contributed by atoms with Gasteiger partial charge in [-0.15, -0.1) is 0 Å². The number of nitrogens with one attached hydrogen (secondary N) is 1. The average molecular weight is 536 g/mol. The van der Waals surface area contributed by atoms with E-state index in [-0.39, 0.29) is 11.8 Å². The molecule has 3 rings (SSSR count). The largest absolute Gasteiger partial charge is 0.506 e. The van der Waals surface area contributed by atoms with Crippen molar-refractivity contribution in [2.75, 3.05) is 19.4 Å². The summed E-state index contributed by atoms with van der Waals surface area (Å²) in [7, 11) is 1.70. The number of phenols is 1. The van der Waals surface area contributed by atoms with Crippen LogP contribution in [0, 0.1) is 7.14 Å². The quantitative estimate of drug-likeness (QED) is 0.319. The second-order valence-corrected chi connectivity index (χ2v) is 7.99. The summed E-state index contributed by atoms with van der Waals surface area (Å²) in [6.07, 6.45) is 1.80. The minimum Gasteiger partial charge on any atom is -0.506 e. The van der Waals surface area contributed by atoms with E-state index in [9.17, 15) is 5.11 Å². The van der Waals surface area contributed by atoms with Crippen LogP contribution in [-0.4, -0.2) is 18.8 Å². The first-order valence-corrected chi connectivity index (χ1v) is 9.52. The summed E-state index contributed by atoms with van der Waals surface area (Å²) in [6, 6.07) is 8.26. The van der Waals surface area contributed by atoms with Gasteiger partial charge in [-0.2, -0.15) is 0 Å². The maximum Gasteiger partial charge on any atom is 0.145 e. The molecule has 122 valence electrons. The van der Waals surface area contributed by atoms with Crippen LogP contribution >= 0.6 is 45.2 Å². The molecule has 1 aliphatic rings. The van der Waals surface area contributed by atoms with Crippen molar-refractivity contribution in [3.05, 3.63) is 48.1 Å². The summed E-state index contributed by atoms with van der Waals surface area (Å²) in [5, 5.41) is 13.4. The second kappa shape index (κ2) is 7.02. The summed E-state index contributed by atoms with van der Waals surface area (Å²) in [5.41, 5.74) is 9.96. The molecule has 0 spiro atoms. The first kappa shape index (κ1) is 17.1. The SMILES string of the molecule is COc1c(I)cc(CC2NCCc3cc(O)c(N)cc32)cc1I. The third kappa shape index (κ3) is 3.53. The number of nitrogens with two attached hydrogens (primary N) is 1. The van der Waals surface area contributed by atoms with Crippen LogP contribution < -0.4 is 15.8 Å². The molecule has 23 heavy (non-hydrogen) atoms. The fraction of sp³-hybridized carbons (Fsp3) is 0.294. The maximum atomic E-state index is 9.82. The number of halogens is 2. The van der Waals surface area contributed by atoms with E-state index in [1.54, 1.807) is 13.2 Å². The van der Waals surface area contributed by atoms with Crippen molar-refractivity contribution < 1.29 is 9.84 Å². The van der Waals surface area contributed by atoms with E-state index < -0.39 is 0 Å². The van der Waals surface area contributed by atoms with Gasteiger partial charge in [0.2, 0.25) is 0 Å². The van der Waals surface area contributed by atoms with E-state index in [0.717, 1.165) is 32.3 Å². The minimum absolute atomic E-state index is 0.179. The molecule has 0 aliphatic carbocycles. The number of fused-ring (bicyclic) bond motifs is 1. The molecule has 0 aromatic heterocycles. The van der Waals surface area contributed by atoms with E-state index in [2.05, 4.69) is 62.6 Å². The highest BCUT2D eigenvalue weighted by molar-refractivity contribution is 14.1. The highest BCUT2D eigenvalue weighted by Gasteiger charge is 2.22. The predicted molar refractivity (Wildman–Crippen MR) is 109 cm³/mol. The van der Waals surface area contributed by atoms with Crippen LogP contribution in [0.5, 0.6) is 11.5 Å². The van der Waals surface area contributed by atoms with Gasteiger partial charge in [0, 0.05) is 6.04 Å². The summed E-state index contributed by atoms with van der Waals surface area (Å²) in [6.45, 7) is 0.908. The van der Waals surface area contributed by atoms with Crippen molar-refractivity contribution in [2.45, 2.75) is 18.9 Å². The van der Waals surface area contributed by atoms with Gasteiger partial charge in [0.05, 0.1) is 19.9 Å². The number of phenolic OH excluding ortho intramolecular Hbond substituents is 1. The lowest BCUT2D eigenvalue weighted by Crippen LogP contribution is -2.31. The van der Waals surface area contributed by atoms with Crippen LogP contribution in [0.4, 0.5) is 5.69 Å². The molecule has 0 amide bonds. The molecule has 4 nitrogen and oxygen atoms in total. The normalized spacial score (nSPS) is 16.9. The molecule has 1 heterocycles. The molecule has 2 aromatic carbocycles. The molecule has 1 aliphatic heterocycles. The van der Waals surface area contributed by atoms with Crippen molar-refractivity contribution in [1.29, 1.82) is 0 Å². The fourth-order valence-corrected chi connectivity index (χ4v) is 5.38. The number of rotatable bonds is 3. The van der Waals surface area contributed by atoms with Crippen LogP contribution in [0.3, 0.4) is 0 Å². The van der Waals surface area contributed by atoms with Gasteiger partial charge in [0.1, 0.15) is 11.5 Å². The molecule has 0 fully saturated rings. The van der Waals surface area contributed by atoms with Crippen LogP contribution in [0.2, 0.25) is 0 Å². The van der Waals surface area contributed by atoms with Crippen molar-refractivity contribution in [1.82, 2.24) is 5.32 Å². The van der Waals surface area contributed by atoms with Gasteiger partial charge in [-0.05, 0) is 106 Å². The average Bonchev–Trinajstić information content (AvgIpc) is 2.49. The number of benzene rings is 2. The van der Waals surface area contributed by atoms with Crippen molar-refractivity contribution in [3.63, 3.8) is 0 Å². The Bertz CT molecular complexity index is 727. The van der Waals surface area contributed by atoms with E-state index >= 15 is 0 Å². The summed E-state index contributed by atoms with van der Waals surface area (Å²) < 4.78 is 7.67. The zero-order valence-corrected chi connectivity index (χ0v) is 17.0. The van der Waals surface area contributed by atoms with Crippen molar-refractivity contribution >= 4 is 50.9 Å². The highest BCUT2D eigenvalue weighted by Crippen LogP contribution is 2.34.